The van der Waals surface area contributed by atoms with Crippen LogP contribution >= 0.6 is 11.3 Å². The van der Waals surface area contributed by atoms with Gasteiger partial charge in [0.25, 0.3) is 0 Å². The van der Waals surface area contributed by atoms with Crippen LogP contribution in [-0.4, -0.2) is 36.4 Å². The molecule has 4 nitrogen and oxygen atoms in total. The second-order valence-corrected chi connectivity index (χ2v) is 4.89. The highest BCUT2D eigenvalue weighted by molar-refractivity contribution is 7.15. The van der Waals surface area contributed by atoms with E-state index in [1.165, 1.54) is 0 Å². The molecular formula is C10H16N2O2S. The Labute approximate surface area is 93.5 Å². The third-order valence-corrected chi connectivity index (χ3v) is 3.94. The van der Waals surface area contributed by atoms with Crippen LogP contribution in [0, 0.1) is 0 Å². The molecule has 1 aromatic rings. The molecule has 0 bridgehead atoms. The van der Waals surface area contributed by atoms with Crippen molar-refractivity contribution in [1.82, 2.24) is 4.98 Å². The summed E-state index contributed by atoms with van der Waals surface area (Å²) >= 11 is 1.55. The lowest BCUT2D eigenvalue weighted by Gasteiger charge is -2.21. The van der Waals surface area contributed by atoms with Crippen LogP contribution in [-0.2, 0) is 4.74 Å². The number of aromatic nitrogens is 1. The van der Waals surface area contributed by atoms with Crippen LogP contribution in [0.1, 0.15) is 24.3 Å². The van der Waals surface area contributed by atoms with Crippen LogP contribution in [0.25, 0.3) is 0 Å². The first-order valence-electron chi connectivity index (χ1n) is 5.13. The van der Waals surface area contributed by atoms with Crippen LogP contribution in [0.2, 0.25) is 0 Å². The number of rotatable bonds is 3. The highest BCUT2D eigenvalue weighted by atomic mass is 32.1. The third-order valence-electron chi connectivity index (χ3n) is 2.68. The monoisotopic (exact) mass is 228 g/mol. The van der Waals surface area contributed by atoms with Gasteiger partial charge in [-0.25, -0.2) is 4.98 Å². The summed E-state index contributed by atoms with van der Waals surface area (Å²) in [5.74, 6) is 0. The normalized spacial score (nSPS) is 23.0. The zero-order chi connectivity index (χ0) is 10.8. The fourth-order valence-electron chi connectivity index (χ4n) is 1.62. The first kappa shape index (κ1) is 10.9. The maximum Gasteiger partial charge on any atom is 0.185 e. The Balaban J connectivity index is 2.07. The summed E-state index contributed by atoms with van der Waals surface area (Å²) in [5.41, 5.74) is 0. The van der Waals surface area contributed by atoms with Crippen molar-refractivity contribution in [3.05, 3.63) is 11.1 Å². The van der Waals surface area contributed by atoms with E-state index in [9.17, 15) is 5.11 Å². The van der Waals surface area contributed by atoms with E-state index in [-0.39, 0.29) is 0 Å². The molecule has 0 saturated carbocycles. The maximum atomic E-state index is 9.41. The Bertz CT molecular complexity index is 321. The Morgan fingerprint density at radius 1 is 1.73 bits per heavy atom. The van der Waals surface area contributed by atoms with Crippen molar-refractivity contribution in [2.75, 3.05) is 25.2 Å². The largest absolute Gasteiger partial charge is 0.388 e. The van der Waals surface area contributed by atoms with E-state index in [1.54, 1.807) is 24.5 Å². The number of hydrogen-bond donors (Lipinski definition) is 1. The number of thiazole rings is 1. The lowest BCUT2D eigenvalue weighted by molar-refractivity contribution is 0.193. The molecule has 1 aliphatic heterocycles. The molecule has 5 heteroatoms. The van der Waals surface area contributed by atoms with Gasteiger partial charge in [0.1, 0.15) is 0 Å². The standard InChI is InChI=1S/C10H16N2O2S/c1-7(13)9-5-11-10(15-9)12(2)8-3-4-14-6-8/h5,7-8,13H,3-4,6H2,1-2H3. The topological polar surface area (TPSA) is 45.6 Å². The van der Waals surface area contributed by atoms with Gasteiger partial charge in [-0.1, -0.05) is 11.3 Å². The fourth-order valence-corrected chi connectivity index (χ4v) is 2.50. The van der Waals surface area contributed by atoms with Crippen molar-refractivity contribution in [3.8, 4) is 0 Å². The second kappa shape index (κ2) is 4.47. The van der Waals surface area contributed by atoms with E-state index in [1.807, 2.05) is 7.05 Å². The lowest BCUT2D eigenvalue weighted by Crippen LogP contribution is -2.31. The Morgan fingerprint density at radius 3 is 3.07 bits per heavy atom. The first-order valence-corrected chi connectivity index (χ1v) is 5.94. The molecule has 1 aliphatic rings. The van der Waals surface area contributed by atoms with Gasteiger partial charge in [0.2, 0.25) is 0 Å². The van der Waals surface area contributed by atoms with Crippen molar-refractivity contribution in [2.24, 2.45) is 0 Å². The van der Waals surface area contributed by atoms with E-state index >= 15 is 0 Å². The molecule has 0 amide bonds. The van der Waals surface area contributed by atoms with E-state index in [0.29, 0.717) is 6.04 Å². The first-order chi connectivity index (χ1) is 7.18. The molecule has 0 aromatic carbocycles. The minimum absolute atomic E-state index is 0.426. The zero-order valence-corrected chi connectivity index (χ0v) is 9.83. The number of ether oxygens (including phenoxy) is 1. The summed E-state index contributed by atoms with van der Waals surface area (Å²) in [6.07, 6.45) is 2.38. The molecular weight excluding hydrogens is 212 g/mol. The van der Waals surface area contributed by atoms with Crippen LogP contribution in [0.5, 0.6) is 0 Å². The van der Waals surface area contributed by atoms with E-state index in [2.05, 4.69) is 9.88 Å². The van der Waals surface area contributed by atoms with E-state index < -0.39 is 6.10 Å². The molecule has 1 saturated heterocycles. The van der Waals surface area contributed by atoms with Gasteiger partial charge >= 0.3 is 0 Å². The molecule has 1 fully saturated rings. The Kier molecular flexibility index (Phi) is 3.23. The molecule has 2 atom stereocenters. The molecule has 2 heterocycles. The SMILES string of the molecule is CC(O)c1cnc(N(C)C2CCOC2)s1. The number of likely N-dealkylation sites (N-methyl/N-ethyl adjacent to an activating group) is 1. The van der Waals surface area contributed by atoms with Crippen LogP contribution < -0.4 is 4.90 Å². The summed E-state index contributed by atoms with van der Waals surface area (Å²) in [6, 6.07) is 0.429. The van der Waals surface area contributed by atoms with Crippen LogP contribution in [0.15, 0.2) is 6.20 Å². The molecule has 0 spiro atoms. The minimum atomic E-state index is -0.426. The number of aliphatic hydroxyl groups excluding tert-OH is 1. The van der Waals surface area contributed by atoms with Gasteiger partial charge in [0, 0.05) is 19.9 Å². The lowest BCUT2D eigenvalue weighted by atomic mass is 10.2. The molecule has 0 radical (unpaired) electrons. The zero-order valence-electron chi connectivity index (χ0n) is 9.01. The summed E-state index contributed by atoms with van der Waals surface area (Å²) < 4.78 is 5.34. The molecule has 2 rings (SSSR count). The van der Waals surface area contributed by atoms with Gasteiger partial charge < -0.3 is 14.7 Å². The predicted molar refractivity (Wildman–Crippen MR) is 60.4 cm³/mol. The second-order valence-electron chi connectivity index (χ2n) is 3.85. The highest BCUT2D eigenvalue weighted by Crippen LogP contribution is 2.28. The molecule has 84 valence electrons. The van der Waals surface area contributed by atoms with Gasteiger partial charge in [0.05, 0.1) is 23.6 Å². The quantitative estimate of drug-likeness (QED) is 0.850. The molecule has 2 unspecified atom stereocenters. The number of nitrogens with zero attached hydrogens (tertiary/aromatic N) is 2. The van der Waals surface area contributed by atoms with Crippen LogP contribution in [0.3, 0.4) is 0 Å². The van der Waals surface area contributed by atoms with Crippen LogP contribution in [0.4, 0.5) is 5.13 Å². The number of hydrogen-bond acceptors (Lipinski definition) is 5. The van der Waals surface area contributed by atoms with Gasteiger partial charge in [-0.05, 0) is 13.3 Å². The highest BCUT2D eigenvalue weighted by Gasteiger charge is 2.22. The fraction of sp³-hybridized carbons (Fsp3) is 0.700. The maximum absolute atomic E-state index is 9.41. The van der Waals surface area contributed by atoms with Gasteiger partial charge in [-0.3, -0.25) is 0 Å². The molecule has 1 aromatic heterocycles. The molecule has 1 N–H and O–H groups in total. The van der Waals surface area contributed by atoms with Crippen molar-refractivity contribution >= 4 is 16.5 Å². The number of aliphatic hydroxyl groups is 1. The molecule has 0 aliphatic carbocycles. The minimum Gasteiger partial charge on any atom is -0.388 e. The summed E-state index contributed by atoms with van der Waals surface area (Å²) in [4.78, 5) is 7.37. The third kappa shape index (κ3) is 2.30. The molecule has 15 heavy (non-hydrogen) atoms. The van der Waals surface area contributed by atoms with E-state index in [4.69, 9.17) is 4.74 Å². The van der Waals surface area contributed by atoms with Gasteiger partial charge in [0.15, 0.2) is 5.13 Å². The van der Waals surface area contributed by atoms with Gasteiger partial charge in [-0.15, -0.1) is 0 Å². The summed E-state index contributed by atoms with van der Waals surface area (Å²) in [7, 11) is 2.03. The Hall–Kier alpha value is -0.650. The smallest absolute Gasteiger partial charge is 0.185 e. The van der Waals surface area contributed by atoms with Crippen molar-refractivity contribution in [2.45, 2.75) is 25.5 Å². The van der Waals surface area contributed by atoms with E-state index in [0.717, 1.165) is 29.6 Å². The summed E-state index contributed by atoms with van der Waals surface area (Å²) in [5, 5.41) is 10.4. The summed E-state index contributed by atoms with van der Waals surface area (Å²) in [6.45, 7) is 3.37. The number of anilines is 1. The van der Waals surface area contributed by atoms with Crippen molar-refractivity contribution < 1.29 is 9.84 Å². The predicted octanol–water partition coefficient (Wildman–Crippen LogP) is 1.42. The van der Waals surface area contributed by atoms with Crippen molar-refractivity contribution in [3.63, 3.8) is 0 Å². The van der Waals surface area contributed by atoms with Gasteiger partial charge in [-0.2, -0.15) is 0 Å². The Morgan fingerprint density at radius 2 is 2.53 bits per heavy atom. The van der Waals surface area contributed by atoms with Crippen molar-refractivity contribution in [1.29, 1.82) is 0 Å². The average Bonchev–Trinajstić information content (AvgIpc) is 2.88. The average molecular weight is 228 g/mol.